The third-order valence-corrected chi connectivity index (χ3v) is 8.05. The number of piperazine rings is 1. The smallest absolute Gasteiger partial charge is 0.345 e. The van der Waals surface area contributed by atoms with Crippen molar-refractivity contribution in [2.24, 2.45) is 5.92 Å². The monoisotopic (exact) mass is 636 g/mol. The number of carbonyl (C=O) groups excluding carboxylic acids is 3. The van der Waals surface area contributed by atoms with Crippen LogP contribution in [0.3, 0.4) is 0 Å². The molecular weight excluding hydrogens is 603 g/mol. The molecule has 2 saturated heterocycles. The van der Waals surface area contributed by atoms with Crippen molar-refractivity contribution in [1.29, 1.82) is 0 Å². The topological polar surface area (TPSA) is 139 Å². The number of H-pyrrole nitrogens is 2. The standard InChI is InChI=1S/C29H33F5N8O3/c1-2-17-11-16(3-4-19(17)28(45)42-9-7-41(8-10-42)27(44)18-5-6-35-14-18)13-37-26(43)25-36-15-21(38-25)23-20(12-22(30)31)39-40-24(23)29(32,33)34/h3-4,11,15,18,22,35H,2,5-10,12-14H2,1H3,(H,36,38)(H,37,43)(H,39,40)/t18-/m1/s1. The van der Waals surface area contributed by atoms with Crippen LogP contribution < -0.4 is 10.6 Å². The van der Waals surface area contributed by atoms with Crippen molar-refractivity contribution >= 4 is 17.7 Å². The van der Waals surface area contributed by atoms with Gasteiger partial charge in [-0.2, -0.15) is 18.3 Å². The Morgan fingerprint density at radius 3 is 2.49 bits per heavy atom. The summed E-state index contributed by atoms with van der Waals surface area (Å²) in [5.74, 6) is -1.06. The van der Waals surface area contributed by atoms with Crippen LogP contribution in [-0.4, -0.2) is 93.4 Å². The van der Waals surface area contributed by atoms with Gasteiger partial charge in [-0.25, -0.2) is 13.8 Å². The second-order valence-corrected chi connectivity index (χ2v) is 11.0. The predicted molar refractivity (Wildman–Crippen MR) is 151 cm³/mol. The number of hydrogen-bond acceptors (Lipinski definition) is 6. The lowest BCUT2D eigenvalue weighted by atomic mass is 10.00. The minimum atomic E-state index is -4.93. The molecule has 4 heterocycles. The highest BCUT2D eigenvalue weighted by Gasteiger charge is 2.39. The molecule has 0 aliphatic carbocycles. The van der Waals surface area contributed by atoms with Gasteiger partial charge >= 0.3 is 6.18 Å². The lowest BCUT2D eigenvalue weighted by Gasteiger charge is -2.36. The maximum absolute atomic E-state index is 13.5. The number of aromatic amines is 2. The van der Waals surface area contributed by atoms with Gasteiger partial charge in [0.15, 0.2) is 11.5 Å². The highest BCUT2D eigenvalue weighted by atomic mass is 19.4. The molecule has 16 heteroatoms. The number of hydrogen-bond donors (Lipinski definition) is 4. The molecule has 3 aromatic rings. The molecule has 242 valence electrons. The van der Waals surface area contributed by atoms with Gasteiger partial charge in [0, 0.05) is 44.8 Å². The minimum absolute atomic E-state index is 0.00806. The Bertz CT molecular complexity index is 1540. The van der Waals surface area contributed by atoms with E-state index in [0.29, 0.717) is 50.3 Å². The van der Waals surface area contributed by atoms with Gasteiger partial charge in [0.2, 0.25) is 12.3 Å². The van der Waals surface area contributed by atoms with Gasteiger partial charge in [-0.1, -0.05) is 19.1 Å². The Labute approximate surface area is 254 Å². The summed E-state index contributed by atoms with van der Waals surface area (Å²) in [7, 11) is 0. The lowest BCUT2D eigenvalue weighted by molar-refractivity contribution is -0.140. The maximum Gasteiger partial charge on any atom is 0.435 e. The molecule has 2 aliphatic heterocycles. The lowest BCUT2D eigenvalue weighted by Crippen LogP contribution is -2.52. The van der Waals surface area contributed by atoms with Gasteiger partial charge in [-0.15, -0.1) is 0 Å². The van der Waals surface area contributed by atoms with Crippen molar-refractivity contribution in [3.05, 3.63) is 58.3 Å². The molecule has 3 amide bonds. The molecule has 2 aliphatic rings. The first kappa shape index (κ1) is 32.1. The SMILES string of the molecule is CCc1cc(CNC(=O)c2ncc(-c3c(C(F)(F)F)n[nH]c3CC(F)F)[nH]2)ccc1C(=O)N1CCN(C(=O)[C@@H]2CCNC2)CC1. The molecule has 0 radical (unpaired) electrons. The number of rotatable bonds is 9. The number of imidazole rings is 1. The second-order valence-electron chi connectivity index (χ2n) is 11.0. The van der Waals surface area contributed by atoms with Gasteiger partial charge < -0.3 is 25.4 Å². The van der Waals surface area contributed by atoms with Crippen LogP contribution in [0.1, 0.15) is 56.8 Å². The fraction of sp³-hybridized carbons (Fsp3) is 0.483. The summed E-state index contributed by atoms with van der Waals surface area (Å²) >= 11 is 0. The molecule has 2 fully saturated rings. The van der Waals surface area contributed by atoms with Crippen molar-refractivity contribution in [2.75, 3.05) is 39.3 Å². The van der Waals surface area contributed by atoms with Crippen molar-refractivity contribution in [2.45, 2.75) is 45.3 Å². The highest BCUT2D eigenvalue weighted by molar-refractivity contribution is 5.96. The first-order chi connectivity index (χ1) is 21.5. The largest absolute Gasteiger partial charge is 0.435 e. The molecule has 2 aromatic heterocycles. The van der Waals surface area contributed by atoms with Crippen LogP contribution in [0.2, 0.25) is 0 Å². The van der Waals surface area contributed by atoms with E-state index in [-0.39, 0.29) is 35.8 Å². The van der Waals surface area contributed by atoms with E-state index < -0.39 is 41.9 Å². The summed E-state index contributed by atoms with van der Waals surface area (Å²) < 4.78 is 66.4. The zero-order chi connectivity index (χ0) is 32.3. The molecule has 45 heavy (non-hydrogen) atoms. The molecule has 4 N–H and O–H groups in total. The zero-order valence-electron chi connectivity index (χ0n) is 24.4. The fourth-order valence-electron chi connectivity index (χ4n) is 5.69. The fourth-order valence-corrected chi connectivity index (χ4v) is 5.69. The Morgan fingerprint density at radius 2 is 1.84 bits per heavy atom. The van der Waals surface area contributed by atoms with Crippen molar-refractivity contribution in [3.8, 4) is 11.3 Å². The summed E-state index contributed by atoms with van der Waals surface area (Å²) in [4.78, 5) is 48.7. The Kier molecular flexibility index (Phi) is 9.51. The van der Waals surface area contributed by atoms with Crippen molar-refractivity contribution in [3.63, 3.8) is 0 Å². The molecule has 0 saturated carbocycles. The molecule has 11 nitrogen and oxygen atoms in total. The second kappa shape index (κ2) is 13.3. The summed E-state index contributed by atoms with van der Waals surface area (Å²) in [5, 5.41) is 11.0. The number of halogens is 5. The van der Waals surface area contributed by atoms with E-state index >= 15 is 0 Å². The van der Waals surface area contributed by atoms with Gasteiger partial charge in [0.05, 0.1) is 35.5 Å². The Hall–Kier alpha value is -4.34. The molecule has 5 rings (SSSR count). The zero-order valence-corrected chi connectivity index (χ0v) is 24.4. The van der Waals surface area contributed by atoms with Crippen LogP contribution in [-0.2, 0) is 30.4 Å². The van der Waals surface area contributed by atoms with E-state index in [9.17, 15) is 36.3 Å². The highest BCUT2D eigenvalue weighted by Crippen LogP contribution is 2.37. The van der Waals surface area contributed by atoms with E-state index in [0.717, 1.165) is 24.7 Å². The van der Waals surface area contributed by atoms with Crippen LogP contribution in [0.5, 0.6) is 0 Å². The summed E-state index contributed by atoms with van der Waals surface area (Å²) in [6.07, 6.45) is -6.51. The number of amides is 3. The van der Waals surface area contributed by atoms with Crippen LogP contribution in [0, 0.1) is 5.92 Å². The predicted octanol–water partition coefficient (Wildman–Crippen LogP) is 3.01. The number of nitrogens with one attached hydrogen (secondary N) is 4. The van der Waals surface area contributed by atoms with Gasteiger partial charge in [0.1, 0.15) is 0 Å². The first-order valence-corrected chi connectivity index (χ1v) is 14.6. The van der Waals surface area contributed by atoms with Gasteiger partial charge in [-0.05, 0) is 36.6 Å². The van der Waals surface area contributed by atoms with E-state index in [1.54, 1.807) is 23.1 Å². The normalized spacial score (nSPS) is 17.3. The van der Waals surface area contributed by atoms with Crippen LogP contribution in [0.25, 0.3) is 11.3 Å². The average molecular weight is 637 g/mol. The third kappa shape index (κ3) is 7.16. The maximum atomic E-state index is 13.5. The van der Waals surface area contributed by atoms with E-state index in [4.69, 9.17) is 0 Å². The minimum Gasteiger partial charge on any atom is -0.345 e. The molecule has 0 spiro atoms. The average Bonchev–Trinajstić information content (AvgIpc) is 3.80. The quantitative estimate of drug-likeness (QED) is 0.267. The van der Waals surface area contributed by atoms with Gasteiger partial charge in [0.25, 0.3) is 11.8 Å². The number of alkyl halides is 5. The first-order valence-electron chi connectivity index (χ1n) is 14.6. The molecular formula is C29H33F5N8O3. The number of aryl methyl sites for hydroxylation is 1. The van der Waals surface area contributed by atoms with Crippen LogP contribution in [0.4, 0.5) is 22.0 Å². The summed E-state index contributed by atoms with van der Waals surface area (Å²) in [6.45, 7) is 5.28. The number of carbonyl (C=O) groups is 3. The molecule has 0 bridgehead atoms. The van der Waals surface area contributed by atoms with Crippen molar-refractivity contribution < 1.29 is 36.3 Å². The van der Waals surface area contributed by atoms with Crippen molar-refractivity contribution in [1.82, 2.24) is 40.6 Å². The number of nitrogens with zero attached hydrogens (tertiary/aromatic N) is 4. The summed E-state index contributed by atoms with van der Waals surface area (Å²) in [6, 6.07) is 5.19. The number of aromatic nitrogens is 4. The summed E-state index contributed by atoms with van der Waals surface area (Å²) in [5.41, 5.74) is -0.760. The molecule has 0 unspecified atom stereocenters. The molecule has 1 aromatic carbocycles. The Balaban J connectivity index is 1.21. The Morgan fingerprint density at radius 1 is 1.11 bits per heavy atom. The van der Waals surface area contributed by atoms with E-state index in [1.165, 1.54) is 0 Å². The van der Waals surface area contributed by atoms with Crippen LogP contribution in [0.15, 0.2) is 24.4 Å². The molecule has 1 atom stereocenters. The van der Waals surface area contributed by atoms with E-state index in [1.807, 2.05) is 16.9 Å². The number of benzene rings is 1. The third-order valence-electron chi connectivity index (χ3n) is 8.05. The van der Waals surface area contributed by atoms with Crippen LogP contribution >= 0.6 is 0 Å². The van der Waals surface area contributed by atoms with E-state index in [2.05, 4.69) is 25.7 Å². The van der Waals surface area contributed by atoms with Gasteiger partial charge in [-0.3, -0.25) is 19.5 Å².